The zero-order valence-corrected chi connectivity index (χ0v) is 22.3. The minimum absolute atomic E-state index is 0.225. The number of ether oxygens (including phenoxy) is 1. The van der Waals surface area contributed by atoms with E-state index in [0.717, 1.165) is 0 Å². The van der Waals surface area contributed by atoms with Crippen LogP contribution in [-0.2, 0) is 9.53 Å². The third kappa shape index (κ3) is 6.60. The van der Waals surface area contributed by atoms with E-state index < -0.39 is 30.6 Å². The van der Waals surface area contributed by atoms with Crippen molar-refractivity contribution in [2.24, 2.45) is 0 Å². The number of hydrogen-bond donors (Lipinski definition) is 2. The van der Waals surface area contributed by atoms with E-state index in [-0.39, 0.29) is 24.2 Å². The molecule has 1 amide bonds. The Bertz CT molecular complexity index is 1630. The first-order chi connectivity index (χ1) is 20.3. The lowest BCUT2D eigenvalue weighted by Crippen LogP contribution is -2.41. The number of amides is 1. The van der Waals surface area contributed by atoms with Crippen LogP contribution >= 0.6 is 0 Å². The van der Waals surface area contributed by atoms with E-state index in [1.54, 1.807) is 37.4 Å². The van der Waals surface area contributed by atoms with Crippen LogP contribution in [0, 0.1) is 18.6 Å². The smallest absolute Gasteiger partial charge is 0.345 e. The molecule has 0 radical (unpaired) electrons. The van der Waals surface area contributed by atoms with Crippen LogP contribution in [-0.4, -0.2) is 59.9 Å². The van der Waals surface area contributed by atoms with E-state index in [0.29, 0.717) is 46.9 Å². The van der Waals surface area contributed by atoms with Crippen molar-refractivity contribution in [3.63, 3.8) is 0 Å². The lowest BCUT2D eigenvalue weighted by molar-refractivity contribution is -0.174. The average molecular weight is 583 g/mol. The highest BCUT2D eigenvalue weighted by atomic mass is 19.3. The van der Waals surface area contributed by atoms with Crippen molar-refractivity contribution in [2.45, 2.75) is 51.0 Å². The number of nitrogens with zero attached hydrogens (tertiary/aromatic N) is 6. The summed E-state index contributed by atoms with van der Waals surface area (Å²) in [5.41, 5.74) is 2.58. The number of aromatic nitrogens is 7. The third-order valence-corrected chi connectivity index (χ3v) is 6.81. The number of H-pyrrole nitrogens is 1. The SMILES string of the molecule is Cc1cc(F)ccn1.O=CNC1CC(OC(F)F)CC(n2c(-c3ccccc3F)nc3cnc(-c4ncn[nH]4)cc32)C1. The van der Waals surface area contributed by atoms with Gasteiger partial charge in [-0.2, -0.15) is 13.9 Å². The number of halogens is 4. The molecule has 5 aromatic rings. The maximum absolute atomic E-state index is 14.8. The molecule has 1 aliphatic carbocycles. The lowest BCUT2D eigenvalue weighted by atomic mass is 9.88. The summed E-state index contributed by atoms with van der Waals surface area (Å²) >= 11 is 0. The molecule has 1 aliphatic rings. The highest BCUT2D eigenvalue weighted by molar-refractivity contribution is 5.83. The molecule has 1 aromatic carbocycles. The molecular formula is C28H26F4N8O2. The van der Waals surface area contributed by atoms with Crippen LogP contribution in [0.5, 0.6) is 0 Å². The topological polar surface area (TPSA) is 124 Å². The Hall–Kier alpha value is -4.72. The second-order valence-corrected chi connectivity index (χ2v) is 9.65. The Kier molecular flexibility index (Phi) is 8.81. The second kappa shape index (κ2) is 12.9. The van der Waals surface area contributed by atoms with Crippen molar-refractivity contribution < 1.29 is 27.1 Å². The van der Waals surface area contributed by atoms with E-state index in [1.807, 2.05) is 4.57 Å². The first kappa shape index (κ1) is 28.8. The molecule has 0 aliphatic heterocycles. The highest BCUT2D eigenvalue weighted by Gasteiger charge is 2.34. The molecule has 4 heterocycles. The predicted octanol–water partition coefficient (Wildman–Crippen LogP) is 5.00. The molecular weight excluding hydrogens is 556 g/mol. The minimum Gasteiger partial charge on any atom is -0.356 e. The molecule has 3 atom stereocenters. The molecule has 3 unspecified atom stereocenters. The quantitative estimate of drug-likeness (QED) is 0.205. The van der Waals surface area contributed by atoms with E-state index in [4.69, 9.17) is 4.74 Å². The first-order valence-corrected chi connectivity index (χ1v) is 13.0. The van der Waals surface area contributed by atoms with Crippen molar-refractivity contribution in [3.05, 3.63) is 78.5 Å². The Morgan fingerprint density at radius 3 is 2.60 bits per heavy atom. The number of fused-ring (bicyclic) bond motifs is 1. The molecule has 0 saturated heterocycles. The second-order valence-electron chi connectivity index (χ2n) is 9.65. The Balaban J connectivity index is 0.000000382. The van der Waals surface area contributed by atoms with E-state index in [1.165, 1.54) is 30.7 Å². The van der Waals surface area contributed by atoms with Crippen LogP contribution < -0.4 is 5.32 Å². The summed E-state index contributed by atoms with van der Waals surface area (Å²) in [5, 5.41) is 9.28. The Morgan fingerprint density at radius 1 is 1.10 bits per heavy atom. The monoisotopic (exact) mass is 582 g/mol. The number of aromatic amines is 1. The Labute approximate surface area is 237 Å². The number of hydrogen-bond acceptors (Lipinski definition) is 7. The van der Waals surface area contributed by atoms with Gasteiger partial charge in [0.2, 0.25) is 6.41 Å². The maximum Gasteiger partial charge on any atom is 0.345 e. The van der Waals surface area contributed by atoms with Gasteiger partial charge in [0.1, 0.15) is 35.0 Å². The number of rotatable bonds is 7. The van der Waals surface area contributed by atoms with Gasteiger partial charge in [-0.15, -0.1) is 0 Å². The number of nitrogens with one attached hydrogen (secondary N) is 2. The fraction of sp³-hybridized carbons (Fsp3) is 0.286. The molecule has 42 heavy (non-hydrogen) atoms. The first-order valence-electron chi connectivity index (χ1n) is 13.0. The van der Waals surface area contributed by atoms with Crippen LogP contribution in [0.2, 0.25) is 0 Å². The molecule has 0 spiro atoms. The van der Waals surface area contributed by atoms with Crippen LogP contribution in [0.4, 0.5) is 17.6 Å². The summed E-state index contributed by atoms with van der Waals surface area (Å²) in [6.45, 7) is -1.20. The van der Waals surface area contributed by atoms with Gasteiger partial charge in [-0.25, -0.2) is 18.7 Å². The van der Waals surface area contributed by atoms with Crippen molar-refractivity contribution in [1.82, 2.24) is 40.0 Å². The highest BCUT2D eigenvalue weighted by Crippen LogP contribution is 2.38. The van der Waals surface area contributed by atoms with Crippen LogP contribution in [0.25, 0.3) is 33.9 Å². The van der Waals surface area contributed by atoms with Gasteiger partial charge in [-0.05, 0) is 56.5 Å². The number of carbonyl (C=O) groups is 1. The molecule has 2 N–H and O–H groups in total. The van der Waals surface area contributed by atoms with E-state index >= 15 is 0 Å². The summed E-state index contributed by atoms with van der Waals surface area (Å²) in [4.78, 5) is 28.1. The molecule has 1 saturated carbocycles. The van der Waals surface area contributed by atoms with E-state index in [9.17, 15) is 22.4 Å². The van der Waals surface area contributed by atoms with Crippen LogP contribution in [0.1, 0.15) is 31.0 Å². The van der Waals surface area contributed by atoms with Gasteiger partial charge in [-0.1, -0.05) is 12.1 Å². The Morgan fingerprint density at radius 2 is 1.93 bits per heavy atom. The fourth-order valence-corrected chi connectivity index (χ4v) is 5.11. The summed E-state index contributed by atoms with van der Waals surface area (Å²) in [7, 11) is 0. The number of pyridine rings is 2. The standard InChI is InChI=1S/C22H20F3N7O2.C6H6FN/c23-16-4-2-1-3-15(16)21-30-18-9-26-17(20-27-10-29-31-20)8-19(18)32(21)13-5-12(28-11-33)6-14(7-13)34-22(24)25;1-5-4-6(7)2-3-8-5/h1-4,8-14,22H,5-7H2,(H,28,33)(H,27,29,31);2-4H,1H3. The van der Waals surface area contributed by atoms with Gasteiger partial charge < -0.3 is 14.6 Å². The van der Waals surface area contributed by atoms with Gasteiger partial charge >= 0.3 is 6.61 Å². The molecule has 4 aromatic heterocycles. The molecule has 14 heteroatoms. The average Bonchev–Trinajstić information content (AvgIpc) is 3.61. The summed E-state index contributed by atoms with van der Waals surface area (Å²) in [6.07, 6.45) is 4.98. The van der Waals surface area contributed by atoms with Gasteiger partial charge in [0.25, 0.3) is 0 Å². The van der Waals surface area contributed by atoms with Gasteiger partial charge in [-0.3, -0.25) is 19.9 Å². The lowest BCUT2D eigenvalue weighted by Gasteiger charge is -2.36. The number of carbonyl (C=O) groups excluding carboxylic acids is 1. The molecule has 1 fully saturated rings. The van der Waals surface area contributed by atoms with Crippen molar-refractivity contribution in [3.8, 4) is 22.9 Å². The van der Waals surface area contributed by atoms with Crippen molar-refractivity contribution in [1.29, 1.82) is 0 Å². The zero-order valence-electron chi connectivity index (χ0n) is 22.3. The van der Waals surface area contributed by atoms with Crippen molar-refractivity contribution in [2.75, 3.05) is 0 Å². The molecule has 6 rings (SSSR count). The summed E-state index contributed by atoms with van der Waals surface area (Å²) in [6, 6.07) is 9.85. The van der Waals surface area contributed by atoms with Gasteiger partial charge in [0, 0.05) is 24.0 Å². The number of alkyl halides is 2. The normalized spacial score (nSPS) is 18.5. The maximum atomic E-state index is 14.8. The van der Waals surface area contributed by atoms with Crippen LogP contribution in [0.15, 0.2) is 61.2 Å². The zero-order chi connectivity index (χ0) is 29.6. The predicted molar refractivity (Wildman–Crippen MR) is 144 cm³/mol. The fourth-order valence-electron chi connectivity index (χ4n) is 5.11. The summed E-state index contributed by atoms with van der Waals surface area (Å²) in [5.74, 6) is 0.0704. The van der Waals surface area contributed by atoms with Crippen molar-refractivity contribution >= 4 is 17.4 Å². The summed E-state index contributed by atoms with van der Waals surface area (Å²) < 4.78 is 59.7. The van der Waals surface area contributed by atoms with Gasteiger partial charge in [0.05, 0.1) is 23.4 Å². The number of aryl methyl sites for hydroxylation is 1. The molecule has 10 nitrogen and oxygen atoms in total. The third-order valence-electron chi connectivity index (χ3n) is 6.81. The largest absolute Gasteiger partial charge is 0.356 e. The van der Waals surface area contributed by atoms with E-state index in [2.05, 4.69) is 35.5 Å². The molecule has 218 valence electrons. The minimum atomic E-state index is -2.95. The number of imidazole rings is 1. The van der Waals surface area contributed by atoms with Crippen LogP contribution in [0.3, 0.4) is 0 Å². The van der Waals surface area contributed by atoms with Gasteiger partial charge in [0.15, 0.2) is 5.82 Å². The molecule has 0 bridgehead atoms. The number of benzene rings is 1.